The van der Waals surface area contributed by atoms with Crippen LogP contribution in [0.4, 0.5) is 0 Å². The number of hydrogen-bond donors (Lipinski definition) is 1. The SMILES string of the molecule is CCS(=N)(=O)c1ccc(Cn2c3ccc(OC)cc3c3ncccc32)cc1. The van der Waals surface area contributed by atoms with Crippen molar-refractivity contribution in [1.29, 1.82) is 4.78 Å². The Hall–Kier alpha value is -2.86. The van der Waals surface area contributed by atoms with Crippen LogP contribution >= 0.6 is 0 Å². The average Bonchev–Trinajstić information content (AvgIpc) is 3.01. The summed E-state index contributed by atoms with van der Waals surface area (Å²) >= 11 is 0. The minimum absolute atomic E-state index is 0.326. The van der Waals surface area contributed by atoms with Gasteiger partial charge < -0.3 is 9.30 Å². The molecule has 5 nitrogen and oxygen atoms in total. The van der Waals surface area contributed by atoms with Crippen LogP contribution < -0.4 is 4.74 Å². The van der Waals surface area contributed by atoms with Gasteiger partial charge in [-0.05, 0) is 48.0 Å². The van der Waals surface area contributed by atoms with Gasteiger partial charge in [0.15, 0.2) is 0 Å². The summed E-state index contributed by atoms with van der Waals surface area (Å²) in [5, 5.41) is 1.06. The van der Waals surface area contributed by atoms with E-state index in [4.69, 9.17) is 9.52 Å². The Morgan fingerprint density at radius 2 is 1.89 bits per heavy atom. The highest BCUT2D eigenvalue weighted by Crippen LogP contribution is 2.31. The predicted molar refractivity (Wildman–Crippen MR) is 109 cm³/mol. The zero-order valence-corrected chi connectivity index (χ0v) is 16.1. The van der Waals surface area contributed by atoms with E-state index >= 15 is 0 Å². The Kier molecular flexibility index (Phi) is 4.36. The number of fused-ring (bicyclic) bond motifs is 3. The maximum absolute atomic E-state index is 12.2. The Morgan fingerprint density at radius 1 is 1.11 bits per heavy atom. The van der Waals surface area contributed by atoms with Crippen LogP contribution in [0.15, 0.2) is 65.7 Å². The lowest BCUT2D eigenvalue weighted by atomic mass is 10.2. The molecule has 0 radical (unpaired) electrons. The van der Waals surface area contributed by atoms with Crippen LogP contribution in [-0.2, 0) is 16.3 Å². The van der Waals surface area contributed by atoms with Crippen molar-refractivity contribution in [2.24, 2.45) is 0 Å². The van der Waals surface area contributed by atoms with Gasteiger partial charge in [0, 0.05) is 28.8 Å². The monoisotopic (exact) mass is 379 g/mol. The summed E-state index contributed by atoms with van der Waals surface area (Å²) in [6, 6.07) is 17.6. The maximum atomic E-state index is 12.2. The summed E-state index contributed by atoms with van der Waals surface area (Å²) < 4.78 is 27.8. The smallest absolute Gasteiger partial charge is 0.119 e. The third kappa shape index (κ3) is 3.06. The number of pyridine rings is 1. The number of nitrogens with one attached hydrogen (secondary N) is 1. The second-order valence-corrected chi connectivity index (χ2v) is 8.85. The van der Waals surface area contributed by atoms with Crippen molar-refractivity contribution in [2.75, 3.05) is 12.9 Å². The van der Waals surface area contributed by atoms with Gasteiger partial charge in [-0.1, -0.05) is 19.1 Å². The molecular formula is C21H21N3O2S. The summed E-state index contributed by atoms with van der Waals surface area (Å²) in [4.78, 5) is 5.15. The summed E-state index contributed by atoms with van der Waals surface area (Å²) in [7, 11) is -1.02. The third-order valence-corrected chi connectivity index (χ3v) is 6.72. The highest BCUT2D eigenvalue weighted by atomic mass is 32.2. The standard InChI is InChI=1S/C21H21N3O2S/c1-3-27(22,25)17-9-6-15(7-10-17)14-24-19-11-8-16(26-2)13-18(19)21-20(24)5-4-12-23-21/h4-13,22H,3,14H2,1-2H3. The lowest BCUT2D eigenvalue weighted by Gasteiger charge is -2.10. The molecule has 0 aliphatic heterocycles. The minimum Gasteiger partial charge on any atom is -0.497 e. The van der Waals surface area contributed by atoms with Gasteiger partial charge in [-0.3, -0.25) is 4.98 Å². The second-order valence-electron chi connectivity index (χ2n) is 6.45. The predicted octanol–water partition coefficient (Wildman–Crippen LogP) is 4.67. The van der Waals surface area contributed by atoms with Gasteiger partial charge in [-0.2, -0.15) is 0 Å². The van der Waals surface area contributed by atoms with Crippen molar-refractivity contribution in [1.82, 2.24) is 9.55 Å². The number of hydrogen-bond acceptors (Lipinski definition) is 4. The normalized spacial score (nSPS) is 13.7. The first-order valence-corrected chi connectivity index (χ1v) is 10.5. The summed E-state index contributed by atoms with van der Waals surface area (Å²) in [5.41, 5.74) is 4.18. The van der Waals surface area contributed by atoms with E-state index in [-0.39, 0.29) is 0 Å². The van der Waals surface area contributed by atoms with Gasteiger partial charge in [-0.15, -0.1) is 0 Å². The molecule has 0 aliphatic carbocycles. The first-order valence-electron chi connectivity index (χ1n) is 8.80. The Balaban J connectivity index is 1.81. The fraction of sp³-hybridized carbons (Fsp3) is 0.190. The fourth-order valence-corrected chi connectivity index (χ4v) is 4.26. The molecule has 0 bridgehead atoms. The average molecular weight is 379 g/mol. The molecule has 4 rings (SSSR count). The molecule has 2 heterocycles. The molecule has 0 saturated heterocycles. The number of ether oxygens (including phenoxy) is 1. The first kappa shape index (κ1) is 17.5. The molecule has 1 N–H and O–H groups in total. The van der Waals surface area contributed by atoms with E-state index in [1.54, 1.807) is 20.2 Å². The van der Waals surface area contributed by atoms with E-state index in [0.29, 0.717) is 17.2 Å². The first-order chi connectivity index (χ1) is 13.0. The molecule has 0 aliphatic rings. The van der Waals surface area contributed by atoms with Crippen molar-refractivity contribution < 1.29 is 8.95 Å². The van der Waals surface area contributed by atoms with Gasteiger partial charge in [0.1, 0.15) is 5.75 Å². The summed E-state index contributed by atoms with van der Waals surface area (Å²) in [6.45, 7) is 2.45. The molecule has 2 aromatic carbocycles. The number of nitrogens with zero attached hydrogens (tertiary/aromatic N) is 2. The molecule has 0 spiro atoms. The Labute approximate surface area is 158 Å². The maximum Gasteiger partial charge on any atom is 0.119 e. The molecular weight excluding hydrogens is 358 g/mol. The van der Waals surface area contributed by atoms with E-state index in [2.05, 4.69) is 21.7 Å². The van der Waals surface area contributed by atoms with Crippen molar-refractivity contribution in [3.05, 3.63) is 66.4 Å². The van der Waals surface area contributed by atoms with Gasteiger partial charge in [0.05, 0.1) is 33.4 Å². The van der Waals surface area contributed by atoms with Crippen LogP contribution in [0.2, 0.25) is 0 Å². The van der Waals surface area contributed by atoms with Gasteiger partial charge in [0.25, 0.3) is 0 Å². The molecule has 27 heavy (non-hydrogen) atoms. The molecule has 138 valence electrons. The third-order valence-electron chi connectivity index (χ3n) is 4.88. The van der Waals surface area contributed by atoms with Gasteiger partial charge in [0.2, 0.25) is 0 Å². The number of aromatic nitrogens is 2. The summed E-state index contributed by atoms with van der Waals surface area (Å²) in [5.74, 6) is 1.13. The van der Waals surface area contributed by atoms with Crippen LogP contribution in [0.3, 0.4) is 0 Å². The zero-order valence-electron chi connectivity index (χ0n) is 15.3. The molecule has 0 fully saturated rings. The molecule has 0 saturated carbocycles. The second kappa shape index (κ2) is 6.70. The van der Waals surface area contributed by atoms with Crippen molar-refractivity contribution >= 4 is 31.7 Å². The lowest BCUT2D eigenvalue weighted by molar-refractivity contribution is 0.415. The molecule has 6 heteroatoms. The van der Waals surface area contributed by atoms with E-state index in [1.165, 1.54) is 0 Å². The van der Waals surface area contributed by atoms with Gasteiger partial charge in [-0.25, -0.2) is 8.99 Å². The molecule has 1 atom stereocenters. The van der Waals surface area contributed by atoms with Crippen LogP contribution in [0.1, 0.15) is 12.5 Å². The Bertz CT molecular complexity index is 1230. The van der Waals surface area contributed by atoms with Crippen molar-refractivity contribution in [3.8, 4) is 5.75 Å². The van der Waals surface area contributed by atoms with Crippen molar-refractivity contribution in [3.63, 3.8) is 0 Å². The summed E-state index contributed by atoms with van der Waals surface area (Å²) in [6.07, 6.45) is 1.80. The number of methoxy groups -OCH3 is 1. The minimum atomic E-state index is -2.68. The number of benzene rings is 2. The Morgan fingerprint density at radius 3 is 2.59 bits per heavy atom. The van der Waals surface area contributed by atoms with E-state index in [1.807, 2.05) is 42.5 Å². The molecule has 2 aromatic heterocycles. The van der Waals surface area contributed by atoms with Crippen LogP contribution in [0.5, 0.6) is 5.75 Å². The van der Waals surface area contributed by atoms with Crippen molar-refractivity contribution in [2.45, 2.75) is 18.4 Å². The molecule has 0 amide bonds. The van der Waals surface area contributed by atoms with E-state index < -0.39 is 9.73 Å². The van der Waals surface area contributed by atoms with E-state index in [0.717, 1.165) is 33.2 Å². The van der Waals surface area contributed by atoms with Gasteiger partial charge >= 0.3 is 0 Å². The highest BCUT2D eigenvalue weighted by Gasteiger charge is 2.13. The molecule has 4 aromatic rings. The van der Waals surface area contributed by atoms with Crippen LogP contribution in [-0.4, -0.2) is 26.6 Å². The van der Waals surface area contributed by atoms with Crippen LogP contribution in [0.25, 0.3) is 21.9 Å². The van der Waals surface area contributed by atoms with Crippen LogP contribution in [0, 0.1) is 4.78 Å². The topological polar surface area (TPSA) is 68.0 Å². The number of rotatable bonds is 5. The highest BCUT2D eigenvalue weighted by molar-refractivity contribution is 7.92. The largest absolute Gasteiger partial charge is 0.497 e. The molecule has 1 unspecified atom stereocenters. The quantitative estimate of drug-likeness (QED) is 0.548. The zero-order chi connectivity index (χ0) is 19.0. The van der Waals surface area contributed by atoms with E-state index in [9.17, 15) is 4.21 Å². The lowest BCUT2D eigenvalue weighted by Crippen LogP contribution is -2.03. The fourth-order valence-electron chi connectivity index (χ4n) is 3.35.